The monoisotopic (exact) mass is 410 g/mol. The van der Waals surface area contributed by atoms with E-state index in [1.807, 2.05) is 38.1 Å². The van der Waals surface area contributed by atoms with Gasteiger partial charge in [0.05, 0.1) is 23.4 Å². The standard InChI is InChI=1S/C22H22N2O4S/c1-15-8-4-6-10-18(15)22(25)23-20-14-17(12-13-21(20)28-3)29(26,27)24-19-11-7-5-9-16(19)2/h4-14,24H,1-3H3,(H,23,25). The summed E-state index contributed by atoms with van der Waals surface area (Å²) in [5.74, 6) is 0.0181. The Morgan fingerprint density at radius 3 is 2.17 bits per heavy atom. The smallest absolute Gasteiger partial charge is 0.261 e. The van der Waals surface area contributed by atoms with Gasteiger partial charge in [-0.05, 0) is 55.3 Å². The lowest BCUT2D eigenvalue weighted by Crippen LogP contribution is -2.16. The fraction of sp³-hybridized carbons (Fsp3) is 0.136. The summed E-state index contributed by atoms with van der Waals surface area (Å²) in [6, 6.07) is 18.6. The van der Waals surface area contributed by atoms with Gasteiger partial charge >= 0.3 is 0 Å². The van der Waals surface area contributed by atoms with E-state index in [4.69, 9.17) is 4.74 Å². The molecule has 3 rings (SSSR count). The largest absolute Gasteiger partial charge is 0.495 e. The Labute approximate surface area is 170 Å². The van der Waals surface area contributed by atoms with Crippen LogP contribution in [0.25, 0.3) is 0 Å². The average molecular weight is 410 g/mol. The quantitative estimate of drug-likeness (QED) is 0.632. The fourth-order valence-electron chi connectivity index (χ4n) is 2.86. The van der Waals surface area contributed by atoms with Crippen LogP contribution < -0.4 is 14.8 Å². The molecule has 0 bridgehead atoms. The number of ether oxygens (including phenoxy) is 1. The molecule has 6 nitrogen and oxygen atoms in total. The van der Waals surface area contributed by atoms with Crippen molar-refractivity contribution in [3.05, 3.63) is 83.4 Å². The molecule has 3 aromatic carbocycles. The molecule has 0 aromatic heterocycles. The predicted octanol–water partition coefficient (Wildman–Crippen LogP) is 4.37. The normalized spacial score (nSPS) is 11.0. The lowest BCUT2D eigenvalue weighted by molar-refractivity contribution is 0.102. The molecule has 3 aromatic rings. The lowest BCUT2D eigenvalue weighted by atomic mass is 10.1. The number of anilines is 2. The molecule has 0 radical (unpaired) electrons. The molecule has 0 unspecified atom stereocenters. The molecule has 0 spiro atoms. The molecule has 0 heterocycles. The van der Waals surface area contributed by atoms with E-state index < -0.39 is 10.0 Å². The van der Waals surface area contributed by atoms with Crippen molar-refractivity contribution < 1.29 is 17.9 Å². The molecule has 1 amide bonds. The molecule has 0 aliphatic rings. The number of rotatable bonds is 6. The number of sulfonamides is 1. The molecule has 0 aliphatic heterocycles. The maximum atomic E-state index is 12.9. The highest BCUT2D eigenvalue weighted by molar-refractivity contribution is 7.92. The summed E-state index contributed by atoms with van der Waals surface area (Å²) in [6.45, 7) is 3.65. The summed E-state index contributed by atoms with van der Waals surface area (Å²) in [6.07, 6.45) is 0. The van der Waals surface area contributed by atoms with Crippen molar-refractivity contribution >= 4 is 27.3 Å². The first-order chi connectivity index (χ1) is 13.8. The van der Waals surface area contributed by atoms with E-state index in [-0.39, 0.29) is 16.5 Å². The third-order valence-corrected chi connectivity index (χ3v) is 5.87. The van der Waals surface area contributed by atoms with Crippen LogP contribution in [0.2, 0.25) is 0 Å². The van der Waals surface area contributed by atoms with Gasteiger partial charge in [-0.25, -0.2) is 8.42 Å². The minimum Gasteiger partial charge on any atom is -0.495 e. The summed E-state index contributed by atoms with van der Waals surface area (Å²) in [5, 5.41) is 2.75. The summed E-state index contributed by atoms with van der Waals surface area (Å²) in [7, 11) is -2.39. The maximum absolute atomic E-state index is 12.9. The van der Waals surface area contributed by atoms with Crippen LogP contribution >= 0.6 is 0 Å². The van der Waals surface area contributed by atoms with E-state index >= 15 is 0 Å². The highest BCUT2D eigenvalue weighted by Crippen LogP contribution is 2.29. The van der Waals surface area contributed by atoms with Crippen molar-refractivity contribution in [2.75, 3.05) is 17.1 Å². The number of para-hydroxylation sites is 1. The first-order valence-corrected chi connectivity index (χ1v) is 10.4. The number of benzene rings is 3. The fourth-order valence-corrected chi connectivity index (χ4v) is 4.02. The van der Waals surface area contributed by atoms with Crippen molar-refractivity contribution in [3.8, 4) is 5.75 Å². The average Bonchev–Trinajstić information content (AvgIpc) is 2.70. The Morgan fingerprint density at radius 1 is 0.862 bits per heavy atom. The van der Waals surface area contributed by atoms with Gasteiger partial charge < -0.3 is 10.1 Å². The van der Waals surface area contributed by atoms with Crippen LogP contribution in [0.15, 0.2) is 71.6 Å². The highest BCUT2D eigenvalue weighted by Gasteiger charge is 2.19. The van der Waals surface area contributed by atoms with Crippen LogP contribution in [0, 0.1) is 13.8 Å². The minimum atomic E-state index is -3.85. The number of methoxy groups -OCH3 is 1. The zero-order valence-corrected chi connectivity index (χ0v) is 17.2. The third-order valence-electron chi connectivity index (χ3n) is 4.51. The Hall–Kier alpha value is -3.32. The highest BCUT2D eigenvalue weighted by atomic mass is 32.2. The van der Waals surface area contributed by atoms with Gasteiger partial charge in [-0.15, -0.1) is 0 Å². The number of amides is 1. The lowest BCUT2D eigenvalue weighted by Gasteiger charge is -2.14. The van der Waals surface area contributed by atoms with E-state index in [0.29, 0.717) is 17.0 Å². The van der Waals surface area contributed by atoms with E-state index in [2.05, 4.69) is 10.0 Å². The number of carbonyl (C=O) groups is 1. The van der Waals surface area contributed by atoms with Crippen molar-refractivity contribution in [2.45, 2.75) is 18.7 Å². The minimum absolute atomic E-state index is 0.0154. The molecular weight excluding hydrogens is 388 g/mol. The molecule has 7 heteroatoms. The van der Waals surface area contributed by atoms with E-state index in [1.165, 1.54) is 25.3 Å². The second-order valence-electron chi connectivity index (χ2n) is 6.55. The van der Waals surface area contributed by atoms with Crippen molar-refractivity contribution in [3.63, 3.8) is 0 Å². The number of aryl methyl sites for hydroxylation is 2. The molecule has 29 heavy (non-hydrogen) atoms. The van der Waals surface area contributed by atoms with Gasteiger partial charge in [0.2, 0.25) is 0 Å². The second-order valence-corrected chi connectivity index (χ2v) is 8.23. The van der Waals surface area contributed by atoms with Crippen LogP contribution in [0.4, 0.5) is 11.4 Å². The Balaban J connectivity index is 1.93. The predicted molar refractivity (Wildman–Crippen MR) is 114 cm³/mol. The van der Waals surface area contributed by atoms with Gasteiger partial charge in [0, 0.05) is 5.56 Å². The van der Waals surface area contributed by atoms with Crippen LogP contribution in [0.3, 0.4) is 0 Å². The van der Waals surface area contributed by atoms with Crippen LogP contribution in [-0.2, 0) is 10.0 Å². The zero-order valence-electron chi connectivity index (χ0n) is 16.4. The molecule has 2 N–H and O–H groups in total. The second kappa shape index (κ2) is 8.36. The van der Waals surface area contributed by atoms with E-state index in [0.717, 1.165) is 11.1 Å². The number of hydrogen-bond donors (Lipinski definition) is 2. The molecule has 0 saturated carbocycles. The summed E-state index contributed by atoms with van der Waals surface area (Å²) in [5.41, 5.74) is 2.88. The first kappa shape index (κ1) is 20.4. The van der Waals surface area contributed by atoms with Gasteiger partial charge in [-0.3, -0.25) is 9.52 Å². The third kappa shape index (κ3) is 4.57. The molecule has 0 saturated heterocycles. The Bertz CT molecular complexity index is 1160. The molecule has 0 fully saturated rings. The van der Waals surface area contributed by atoms with Crippen molar-refractivity contribution in [2.24, 2.45) is 0 Å². The van der Waals surface area contributed by atoms with E-state index in [9.17, 15) is 13.2 Å². The van der Waals surface area contributed by atoms with Gasteiger partial charge in [-0.2, -0.15) is 0 Å². The SMILES string of the molecule is COc1ccc(S(=O)(=O)Nc2ccccc2C)cc1NC(=O)c1ccccc1C. The maximum Gasteiger partial charge on any atom is 0.261 e. The number of nitrogens with one attached hydrogen (secondary N) is 2. The molecule has 0 atom stereocenters. The topological polar surface area (TPSA) is 84.5 Å². The van der Waals surface area contributed by atoms with Gasteiger partial charge in [0.15, 0.2) is 0 Å². The molecular formula is C22H22N2O4S. The van der Waals surface area contributed by atoms with Gasteiger partial charge in [0.25, 0.3) is 15.9 Å². The number of carbonyl (C=O) groups excluding carboxylic acids is 1. The van der Waals surface area contributed by atoms with Crippen molar-refractivity contribution in [1.29, 1.82) is 0 Å². The van der Waals surface area contributed by atoms with Crippen LogP contribution in [-0.4, -0.2) is 21.4 Å². The van der Waals surface area contributed by atoms with Gasteiger partial charge in [-0.1, -0.05) is 36.4 Å². The van der Waals surface area contributed by atoms with Crippen LogP contribution in [0.5, 0.6) is 5.75 Å². The Kier molecular flexibility index (Phi) is 5.89. The first-order valence-electron chi connectivity index (χ1n) is 8.95. The summed E-state index contributed by atoms with van der Waals surface area (Å²) in [4.78, 5) is 12.7. The zero-order chi connectivity index (χ0) is 21.0. The summed E-state index contributed by atoms with van der Waals surface area (Å²) >= 11 is 0. The molecule has 0 aliphatic carbocycles. The van der Waals surface area contributed by atoms with Gasteiger partial charge in [0.1, 0.15) is 5.75 Å². The van der Waals surface area contributed by atoms with Crippen molar-refractivity contribution in [1.82, 2.24) is 0 Å². The molecule has 150 valence electrons. The summed E-state index contributed by atoms with van der Waals surface area (Å²) < 4.78 is 33.6. The number of hydrogen-bond acceptors (Lipinski definition) is 4. The van der Waals surface area contributed by atoms with Crippen LogP contribution in [0.1, 0.15) is 21.5 Å². The Morgan fingerprint density at radius 2 is 1.52 bits per heavy atom. The van der Waals surface area contributed by atoms with E-state index in [1.54, 1.807) is 24.3 Å².